The van der Waals surface area contributed by atoms with Crippen LogP contribution in [0.2, 0.25) is 0 Å². The Morgan fingerprint density at radius 3 is 1.88 bits per heavy atom. The Hall–Kier alpha value is -2.71. The molecule has 0 aliphatic heterocycles. The van der Waals surface area contributed by atoms with E-state index in [1.807, 2.05) is 0 Å². The van der Waals surface area contributed by atoms with Gasteiger partial charge in [-0.3, -0.25) is 4.79 Å². The molecule has 9 heteroatoms. The lowest BCUT2D eigenvalue weighted by molar-refractivity contribution is 0.100. The molecule has 1 aromatic carbocycles. The number of nitroso groups, excluding NO2 is 1. The Balaban J connectivity index is 3.28. The molecule has 0 aliphatic rings. The van der Waals surface area contributed by atoms with Crippen molar-refractivity contribution in [2.75, 3.05) is 0 Å². The zero-order valence-electron chi connectivity index (χ0n) is 7.94. The smallest absolute Gasteiger partial charge is 0.305 e. The van der Waals surface area contributed by atoms with Crippen LogP contribution in [0.3, 0.4) is 0 Å². The Bertz CT molecular complexity index is 438. The highest BCUT2D eigenvalue weighted by atomic mass is 16.3. The maximum absolute atomic E-state index is 11.0. The van der Waals surface area contributed by atoms with Crippen molar-refractivity contribution in [2.45, 2.75) is 0 Å². The third-order valence-electron chi connectivity index (χ3n) is 1.58. The number of nitrogens with zero attached hydrogens (tertiary/aromatic N) is 5. The van der Waals surface area contributed by atoms with Crippen LogP contribution in [-0.2, 0) is 0 Å². The first-order chi connectivity index (χ1) is 7.71. The number of nitrogens with two attached hydrogens (primary N) is 2. The monoisotopic (exact) mass is 221 g/mol. The first-order valence-corrected chi connectivity index (χ1v) is 3.96. The molecule has 1 amide bonds. The Morgan fingerprint density at radius 1 is 1.00 bits per heavy atom. The average Bonchev–Trinajstić information content (AvgIpc) is 2.28. The minimum atomic E-state index is -0.956. The van der Waals surface area contributed by atoms with Gasteiger partial charge in [0.2, 0.25) is 0 Å². The van der Waals surface area contributed by atoms with Gasteiger partial charge in [-0.05, 0) is 18.2 Å². The molecule has 0 aromatic heterocycles. The standard InChI is InChI=1S/C7H7N7O2/c8-13-10-5-1-4(7(15)12-16)2-6(3-5)11-14-9/h1-3H,(H2,8,10)(H2,9,11). The van der Waals surface area contributed by atoms with Crippen LogP contribution in [0.4, 0.5) is 11.4 Å². The number of rotatable bonds is 3. The number of benzene rings is 1. The van der Waals surface area contributed by atoms with Gasteiger partial charge >= 0.3 is 5.91 Å². The van der Waals surface area contributed by atoms with E-state index < -0.39 is 5.91 Å². The van der Waals surface area contributed by atoms with Gasteiger partial charge in [0.1, 0.15) is 0 Å². The highest BCUT2D eigenvalue weighted by Gasteiger charge is 2.09. The van der Waals surface area contributed by atoms with E-state index in [-0.39, 0.29) is 16.9 Å². The molecule has 0 spiro atoms. The summed E-state index contributed by atoms with van der Waals surface area (Å²) in [6.07, 6.45) is 0. The predicted octanol–water partition coefficient (Wildman–Crippen LogP) is 1.51. The second-order valence-corrected chi connectivity index (χ2v) is 2.57. The molecule has 0 radical (unpaired) electrons. The fourth-order valence-corrected chi connectivity index (χ4v) is 1.02. The average molecular weight is 221 g/mol. The summed E-state index contributed by atoms with van der Waals surface area (Å²) in [4.78, 5) is 21.1. The second-order valence-electron chi connectivity index (χ2n) is 2.57. The van der Waals surface area contributed by atoms with Crippen LogP contribution in [0.25, 0.3) is 0 Å². The van der Waals surface area contributed by atoms with Crippen molar-refractivity contribution >= 4 is 17.3 Å². The van der Waals surface area contributed by atoms with Crippen LogP contribution in [-0.4, -0.2) is 5.91 Å². The summed E-state index contributed by atoms with van der Waals surface area (Å²) >= 11 is 0. The summed E-state index contributed by atoms with van der Waals surface area (Å²) in [7, 11) is 0. The van der Waals surface area contributed by atoms with E-state index in [0.29, 0.717) is 0 Å². The fourth-order valence-electron chi connectivity index (χ4n) is 1.02. The molecule has 0 atom stereocenters. The second kappa shape index (κ2) is 5.24. The molecule has 16 heavy (non-hydrogen) atoms. The number of carbonyl (C=O) groups excluding carboxylic acids is 1. The molecule has 9 nitrogen and oxygen atoms in total. The topological polar surface area (TPSA) is 148 Å². The van der Waals surface area contributed by atoms with E-state index in [9.17, 15) is 9.70 Å². The molecule has 0 unspecified atom stereocenters. The molecule has 1 rings (SSSR count). The van der Waals surface area contributed by atoms with Crippen LogP contribution < -0.4 is 11.7 Å². The molecule has 0 aliphatic carbocycles. The van der Waals surface area contributed by atoms with Gasteiger partial charge in [0.25, 0.3) is 0 Å². The summed E-state index contributed by atoms with van der Waals surface area (Å²) in [5.41, 5.74) is 0.473. The quantitative estimate of drug-likeness (QED) is 0.344. The fraction of sp³-hybridized carbons (Fsp3) is 0. The maximum atomic E-state index is 11.0. The molecule has 0 saturated carbocycles. The molecule has 0 heterocycles. The first kappa shape index (κ1) is 11.4. The van der Waals surface area contributed by atoms with Crippen LogP contribution in [0.1, 0.15) is 10.4 Å². The van der Waals surface area contributed by atoms with Crippen LogP contribution in [0.15, 0.2) is 44.1 Å². The minimum absolute atomic E-state index is 0.00213. The Kier molecular flexibility index (Phi) is 3.72. The van der Waals surface area contributed by atoms with Crippen LogP contribution in [0, 0.1) is 4.91 Å². The number of carbonyl (C=O) groups is 1. The van der Waals surface area contributed by atoms with Gasteiger partial charge in [-0.2, -0.15) is 0 Å². The predicted molar refractivity (Wildman–Crippen MR) is 54.0 cm³/mol. The first-order valence-electron chi connectivity index (χ1n) is 3.96. The van der Waals surface area contributed by atoms with Gasteiger partial charge in [-0.25, -0.2) is 0 Å². The molecular weight excluding hydrogens is 214 g/mol. The summed E-state index contributed by atoms with van der Waals surface area (Å²) in [5, 5.41) is 15.3. The van der Waals surface area contributed by atoms with Crippen molar-refractivity contribution in [1.29, 1.82) is 0 Å². The largest absolute Gasteiger partial charge is 0.316 e. The lowest BCUT2D eigenvalue weighted by Gasteiger charge is -1.98. The van der Waals surface area contributed by atoms with Crippen molar-refractivity contribution in [3.05, 3.63) is 28.7 Å². The number of hydrogen-bond acceptors (Lipinski definition) is 6. The van der Waals surface area contributed by atoms with Gasteiger partial charge in [-0.1, -0.05) is 10.4 Å². The van der Waals surface area contributed by atoms with Gasteiger partial charge < -0.3 is 11.7 Å². The molecule has 0 fully saturated rings. The normalized spacial score (nSPS) is 11.0. The van der Waals surface area contributed by atoms with E-state index in [1.54, 1.807) is 0 Å². The Labute approximate surface area is 89.2 Å². The highest BCUT2D eigenvalue weighted by Crippen LogP contribution is 2.24. The molecular formula is C7H7N7O2. The zero-order chi connectivity index (χ0) is 12.0. The molecule has 0 bridgehead atoms. The lowest BCUT2D eigenvalue weighted by Crippen LogP contribution is -1.92. The highest BCUT2D eigenvalue weighted by molar-refractivity contribution is 5.96. The maximum Gasteiger partial charge on any atom is 0.316 e. The van der Waals surface area contributed by atoms with E-state index in [1.165, 1.54) is 18.2 Å². The SMILES string of the molecule is NN=Nc1cc(N=NN)cc(C(=O)N=O)c1. The number of amides is 1. The van der Waals surface area contributed by atoms with Crippen LogP contribution in [0.5, 0.6) is 0 Å². The van der Waals surface area contributed by atoms with Crippen molar-refractivity contribution in [3.63, 3.8) is 0 Å². The molecule has 0 saturated heterocycles. The molecule has 1 aromatic rings. The van der Waals surface area contributed by atoms with Gasteiger partial charge in [-0.15, -0.1) is 15.1 Å². The Morgan fingerprint density at radius 2 is 1.50 bits per heavy atom. The van der Waals surface area contributed by atoms with Crippen LogP contribution >= 0.6 is 0 Å². The van der Waals surface area contributed by atoms with Crippen molar-refractivity contribution in [1.82, 2.24) is 0 Å². The molecule has 4 N–H and O–H groups in total. The van der Waals surface area contributed by atoms with Gasteiger partial charge in [0, 0.05) is 10.7 Å². The summed E-state index contributed by atoms with van der Waals surface area (Å²) in [6, 6.07) is 4.00. The lowest BCUT2D eigenvalue weighted by atomic mass is 10.1. The minimum Gasteiger partial charge on any atom is -0.305 e. The third kappa shape index (κ3) is 2.64. The van der Waals surface area contributed by atoms with Gasteiger partial charge in [0.15, 0.2) is 0 Å². The van der Waals surface area contributed by atoms with E-state index >= 15 is 0 Å². The van der Waals surface area contributed by atoms with E-state index in [2.05, 4.69) is 25.9 Å². The van der Waals surface area contributed by atoms with E-state index in [4.69, 9.17) is 11.7 Å². The summed E-state index contributed by atoms with van der Waals surface area (Å²) < 4.78 is 0. The van der Waals surface area contributed by atoms with Crippen molar-refractivity contribution < 1.29 is 4.79 Å². The summed E-state index contributed by atoms with van der Waals surface area (Å²) in [5.74, 6) is 8.75. The van der Waals surface area contributed by atoms with Gasteiger partial charge in [0.05, 0.1) is 11.4 Å². The van der Waals surface area contributed by atoms with E-state index in [0.717, 1.165) is 0 Å². The summed E-state index contributed by atoms with van der Waals surface area (Å²) in [6.45, 7) is 0. The van der Waals surface area contributed by atoms with Crippen molar-refractivity contribution in [3.8, 4) is 0 Å². The number of hydrogen-bond donors (Lipinski definition) is 2. The zero-order valence-corrected chi connectivity index (χ0v) is 7.94. The molecule has 82 valence electrons. The third-order valence-corrected chi connectivity index (χ3v) is 1.58. The van der Waals surface area contributed by atoms with Crippen molar-refractivity contribution in [2.24, 2.45) is 37.5 Å².